The highest BCUT2D eigenvalue weighted by Crippen LogP contribution is 2.39. The number of hydrogen-bond acceptors (Lipinski definition) is 4. The Morgan fingerprint density at radius 3 is 2.52 bits per heavy atom. The maximum atomic E-state index is 3.70. The van der Waals surface area contributed by atoms with E-state index in [2.05, 4.69) is 21.3 Å². The molecule has 4 aliphatic rings. The van der Waals surface area contributed by atoms with Gasteiger partial charge in [0.05, 0.1) is 0 Å². The summed E-state index contributed by atoms with van der Waals surface area (Å²) in [7, 11) is 0. The first-order chi connectivity index (χ1) is 11.4. The minimum atomic E-state index is 0.688. The number of hydrazine groups is 2. The summed E-state index contributed by atoms with van der Waals surface area (Å²) in [6, 6.07) is 1.43. The molecule has 0 aromatic heterocycles. The Morgan fingerprint density at radius 1 is 0.783 bits per heavy atom. The Kier molecular flexibility index (Phi) is 5.54. The van der Waals surface area contributed by atoms with E-state index in [1.54, 1.807) is 0 Å². The number of rotatable bonds is 0. The molecule has 0 spiro atoms. The summed E-state index contributed by atoms with van der Waals surface area (Å²) in [6.07, 6.45) is 15.9. The molecule has 132 valence electrons. The fourth-order valence-electron chi connectivity index (χ4n) is 5.60. The summed E-state index contributed by atoms with van der Waals surface area (Å²) < 4.78 is 0. The highest BCUT2D eigenvalue weighted by atomic mass is 15.5. The van der Waals surface area contributed by atoms with Gasteiger partial charge >= 0.3 is 0 Å². The van der Waals surface area contributed by atoms with Crippen LogP contribution >= 0.6 is 0 Å². The normalized spacial score (nSPS) is 45.9. The van der Waals surface area contributed by atoms with Crippen LogP contribution in [-0.4, -0.2) is 36.7 Å². The van der Waals surface area contributed by atoms with E-state index in [9.17, 15) is 0 Å². The Labute approximate surface area is 142 Å². The summed E-state index contributed by atoms with van der Waals surface area (Å²) >= 11 is 0. The van der Waals surface area contributed by atoms with Crippen molar-refractivity contribution >= 4 is 0 Å². The van der Waals surface area contributed by atoms with Crippen LogP contribution in [0.5, 0.6) is 0 Å². The molecule has 3 N–H and O–H groups in total. The van der Waals surface area contributed by atoms with Gasteiger partial charge in [0.15, 0.2) is 0 Å². The zero-order valence-electron chi connectivity index (χ0n) is 14.7. The van der Waals surface area contributed by atoms with Crippen molar-refractivity contribution in [2.45, 2.75) is 82.7 Å². The Morgan fingerprint density at radius 2 is 1.61 bits per heavy atom. The Hall–Kier alpha value is -0.160. The van der Waals surface area contributed by atoms with Gasteiger partial charge in [0.25, 0.3) is 0 Å². The Balaban J connectivity index is 1.40. The molecule has 0 aromatic carbocycles. The van der Waals surface area contributed by atoms with E-state index in [0.717, 1.165) is 23.8 Å². The predicted octanol–water partition coefficient (Wildman–Crippen LogP) is 2.82. The van der Waals surface area contributed by atoms with Crippen molar-refractivity contribution in [2.24, 2.45) is 17.8 Å². The minimum absolute atomic E-state index is 0.688. The molecule has 6 unspecified atom stereocenters. The second-order valence-electron chi connectivity index (χ2n) is 8.60. The van der Waals surface area contributed by atoms with E-state index in [1.807, 2.05) is 0 Å². The van der Waals surface area contributed by atoms with Gasteiger partial charge in [-0.1, -0.05) is 44.9 Å². The number of nitrogens with zero attached hydrogens (tertiary/aromatic N) is 1. The van der Waals surface area contributed by atoms with Crippen molar-refractivity contribution in [3.05, 3.63) is 0 Å². The third-order valence-corrected chi connectivity index (χ3v) is 6.99. The third-order valence-electron chi connectivity index (χ3n) is 6.99. The fourth-order valence-corrected chi connectivity index (χ4v) is 5.60. The fraction of sp³-hybridized carbons (Fsp3) is 1.00. The first-order valence-corrected chi connectivity index (χ1v) is 10.4. The van der Waals surface area contributed by atoms with Gasteiger partial charge in [-0.05, 0) is 37.5 Å². The van der Waals surface area contributed by atoms with Crippen LogP contribution in [0, 0.1) is 17.8 Å². The lowest BCUT2D eigenvalue weighted by molar-refractivity contribution is 0.191. The molecule has 3 saturated heterocycles. The number of fused-ring (bicyclic) bond motifs is 4. The van der Waals surface area contributed by atoms with Crippen LogP contribution in [0.2, 0.25) is 0 Å². The first kappa shape index (κ1) is 16.3. The highest BCUT2D eigenvalue weighted by Gasteiger charge is 2.44. The van der Waals surface area contributed by atoms with E-state index in [4.69, 9.17) is 0 Å². The molecule has 1 aliphatic carbocycles. The molecular weight excluding hydrogens is 284 g/mol. The number of nitrogens with one attached hydrogen (secondary N) is 3. The minimum Gasteiger partial charge on any atom is -0.255 e. The lowest BCUT2D eigenvalue weighted by Crippen LogP contribution is -2.41. The topological polar surface area (TPSA) is 39.3 Å². The van der Waals surface area contributed by atoms with Crippen LogP contribution in [0.4, 0.5) is 0 Å². The highest BCUT2D eigenvalue weighted by molar-refractivity contribution is 5.00. The summed E-state index contributed by atoms with van der Waals surface area (Å²) in [6.45, 7) is 3.66. The largest absolute Gasteiger partial charge is 0.255 e. The second-order valence-corrected chi connectivity index (χ2v) is 8.60. The summed E-state index contributed by atoms with van der Waals surface area (Å²) in [5.74, 6) is 2.65. The van der Waals surface area contributed by atoms with Gasteiger partial charge in [0, 0.05) is 37.6 Å². The molecule has 1 saturated carbocycles. The molecule has 3 aliphatic heterocycles. The van der Waals surface area contributed by atoms with Gasteiger partial charge in [0.2, 0.25) is 0 Å². The monoisotopic (exact) mass is 320 g/mol. The molecule has 0 amide bonds. The van der Waals surface area contributed by atoms with Gasteiger partial charge in [-0.15, -0.1) is 0 Å². The van der Waals surface area contributed by atoms with Gasteiger partial charge in [0.1, 0.15) is 0 Å². The van der Waals surface area contributed by atoms with Crippen molar-refractivity contribution < 1.29 is 0 Å². The lowest BCUT2D eigenvalue weighted by atomic mass is 9.72. The molecule has 0 radical (unpaired) electrons. The molecule has 4 bridgehead atoms. The molecule has 3 heterocycles. The van der Waals surface area contributed by atoms with Crippen molar-refractivity contribution in [1.29, 1.82) is 0 Å². The van der Waals surface area contributed by atoms with Crippen LogP contribution in [0.25, 0.3) is 0 Å². The van der Waals surface area contributed by atoms with Gasteiger partial charge in [-0.2, -0.15) is 0 Å². The number of hydrogen-bond donors (Lipinski definition) is 3. The van der Waals surface area contributed by atoms with E-state index in [0.29, 0.717) is 6.04 Å². The quantitative estimate of drug-likeness (QED) is 0.642. The molecule has 0 aromatic rings. The smallest absolute Gasteiger partial charge is 0.0310 e. The maximum absolute atomic E-state index is 3.70. The zero-order valence-corrected chi connectivity index (χ0v) is 14.7. The molecular formula is C19H36N4. The van der Waals surface area contributed by atoms with Crippen molar-refractivity contribution in [1.82, 2.24) is 21.3 Å². The van der Waals surface area contributed by atoms with E-state index < -0.39 is 0 Å². The van der Waals surface area contributed by atoms with E-state index in [1.165, 1.54) is 90.3 Å². The average molecular weight is 321 g/mol. The van der Waals surface area contributed by atoms with Crippen LogP contribution < -0.4 is 16.3 Å². The van der Waals surface area contributed by atoms with E-state index in [-0.39, 0.29) is 0 Å². The van der Waals surface area contributed by atoms with Crippen molar-refractivity contribution in [2.75, 3.05) is 19.6 Å². The first-order valence-electron chi connectivity index (χ1n) is 10.4. The zero-order chi connectivity index (χ0) is 15.5. The molecule has 6 atom stereocenters. The predicted molar refractivity (Wildman–Crippen MR) is 94.7 cm³/mol. The van der Waals surface area contributed by atoms with Crippen LogP contribution in [-0.2, 0) is 0 Å². The molecule has 4 heteroatoms. The second kappa shape index (κ2) is 7.81. The molecule has 4 fully saturated rings. The summed E-state index contributed by atoms with van der Waals surface area (Å²) in [4.78, 5) is 0. The summed E-state index contributed by atoms with van der Waals surface area (Å²) in [5.41, 5.74) is 11.0. The van der Waals surface area contributed by atoms with Gasteiger partial charge in [-0.3, -0.25) is 16.3 Å². The third kappa shape index (κ3) is 3.92. The molecule has 4 rings (SSSR count). The van der Waals surface area contributed by atoms with Crippen molar-refractivity contribution in [3.63, 3.8) is 0 Å². The van der Waals surface area contributed by atoms with Crippen LogP contribution in [0.3, 0.4) is 0 Å². The Bertz CT molecular complexity index is 374. The molecule has 23 heavy (non-hydrogen) atoms. The van der Waals surface area contributed by atoms with Crippen LogP contribution in [0.15, 0.2) is 0 Å². The molecule has 4 nitrogen and oxygen atoms in total. The maximum Gasteiger partial charge on any atom is 0.0310 e. The summed E-state index contributed by atoms with van der Waals surface area (Å²) in [5, 5.41) is 2.51. The van der Waals surface area contributed by atoms with Crippen molar-refractivity contribution in [3.8, 4) is 0 Å². The SMILES string of the molecule is C1CCCCC2CCC3NNC(C4CNN(CCCC1)C4)C3C2. The van der Waals surface area contributed by atoms with Gasteiger partial charge < -0.3 is 0 Å². The average Bonchev–Trinajstić information content (AvgIpc) is 3.18. The van der Waals surface area contributed by atoms with Crippen LogP contribution in [0.1, 0.15) is 70.6 Å². The van der Waals surface area contributed by atoms with Gasteiger partial charge in [-0.25, -0.2) is 5.01 Å². The lowest BCUT2D eigenvalue weighted by Gasteiger charge is -2.35. The van der Waals surface area contributed by atoms with E-state index >= 15 is 0 Å². The standard InChI is InChI=1S/C19H36N4/c1-2-4-6-8-15-9-10-18-17(12-15)19(22-21-18)16-13-20-23(14-16)11-7-5-3-1/h15-22H,1-14H2.